The molecule has 2 aromatic rings. The number of hydrogen-bond donors (Lipinski definition) is 2. The van der Waals surface area contributed by atoms with Gasteiger partial charge in [0, 0.05) is 0 Å². The first kappa shape index (κ1) is 20.7. The van der Waals surface area contributed by atoms with Gasteiger partial charge in [0.25, 0.3) is 5.91 Å². The maximum atomic E-state index is 12.6. The molecule has 0 spiro atoms. The molecule has 0 radical (unpaired) electrons. The summed E-state index contributed by atoms with van der Waals surface area (Å²) in [7, 11) is 0. The van der Waals surface area contributed by atoms with E-state index < -0.39 is 0 Å². The number of ether oxygens (including phenoxy) is 2. The summed E-state index contributed by atoms with van der Waals surface area (Å²) in [5, 5.41) is 5.92. The van der Waals surface area contributed by atoms with Gasteiger partial charge in [-0.05, 0) is 56.2 Å². The molecule has 2 N–H and O–H groups in total. The Morgan fingerprint density at radius 1 is 1.00 bits per heavy atom. The van der Waals surface area contributed by atoms with E-state index in [2.05, 4.69) is 24.5 Å². The van der Waals surface area contributed by atoms with E-state index in [1.807, 2.05) is 44.2 Å². The van der Waals surface area contributed by atoms with Gasteiger partial charge in [-0.25, -0.2) is 0 Å². The molecule has 5 nitrogen and oxygen atoms in total. The summed E-state index contributed by atoms with van der Waals surface area (Å²) in [6, 6.07) is 14.6. The van der Waals surface area contributed by atoms with Gasteiger partial charge in [0.1, 0.15) is 11.5 Å². The van der Waals surface area contributed by atoms with Gasteiger partial charge >= 0.3 is 0 Å². The number of para-hydroxylation sites is 3. The van der Waals surface area contributed by atoms with Gasteiger partial charge < -0.3 is 14.8 Å². The largest absolute Gasteiger partial charge is 0.491 e. The summed E-state index contributed by atoms with van der Waals surface area (Å²) in [6.07, 6.45) is -0.0333. The lowest BCUT2D eigenvalue weighted by Gasteiger charge is -2.16. The summed E-state index contributed by atoms with van der Waals surface area (Å²) in [5.41, 5.74) is 1.13. The number of benzene rings is 2. The number of nitrogens with one attached hydrogen (secondary N) is 2. The van der Waals surface area contributed by atoms with Crippen molar-refractivity contribution in [1.29, 1.82) is 0 Å². The monoisotopic (exact) mass is 386 g/mol. The van der Waals surface area contributed by atoms with Crippen LogP contribution in [0.1, 0.15) is 38.1 Å². The fourth-order valence-corrected chi connectivity index (χ4v) is 2.49. The maximum Gasteiger partial charge on any atom is 0.261 e. The van der Waals surface area contributed by atoms with Crippen LogP contribution in [0.2, 0.25) is 0 Å². The molecule has 0 bridgehead atoms. The third-order valence-corrected chi connectivity index (χ3v) is 3.63. The quantitative estimate of drug-likeness (QED) is 0.679. The van der Waals surface area contributed by atoms with E-state index in [0.29, 0.717) is 35.3 Å². The highest BCUT2D eigenvalue weighted by Crippen LogP contribution is 2.24. The smallest absolute Gasteiger partial charge is 0.261 e. The second-order valence-corrected chi connectivity index (χ2v) is 7.18. The van der Waals surface area contributed by atoms with Crippen LogP contribution < -0.4 is 20.1 Å². The van der Waals surface area contributed by atoms with Gasteiger partial charge in [0.05, 0.1) is 24.0 Å². The number of amides is 1. The van der Waals surface area contributed by atoms with Crippen LogP contribution in [0.25, 0.3) is 0 Å². The molecule has 0 saturated heterocycles. The zero-order valence-electron chi connectivity index (χ0n) is 16.1. The number of thiocarbonyl (C=S) groups is 1. The van der Waals surface area contributed by atoms with Crippen molar-refractivity contribution in [1.82, 2.24) is 5.32 Å². The lowest BCUT2D eigenvalue weighted by molar-refractivity contribution is 0.0972. The zero-order chi connectivity index (χ0) is 19.8. The fraction of sp³-hybridized carbons (Fsp3) is 0.333. The van der Waals surface area contributed by atoms with E-state index in [9.17, 15) is 4.79 Å². The summed E-state index contributed by atoms with van der Waals surface area (Å²) in [6.45, 7) is 8.58. The number of carbonyl (C=O) groups excluding carboxylic acids is 1. The summed E-state index contributed by atoms with van der Waals surface area (Å²) >= 11 is 5.30. The molecule has 0 aromatic heterocycles. The first-order valence-corrected chi connectivity index (χ1v) is 9.37. The van der Waals surface area contributed by atoms with Crippen LogP contribution in [0.5, 0.6) is 11.5 Å². The third kappa shape index (κ3) is 6.57. The normalized spacial score (nSPS) is 10.6. The van der Waals surface area contributed by atoms with Crippen molar-refractivity contribution in [2.45, 2.75) is 33.8 Å². The van der Waals surface area contributed by atoms with E-state index in [4.69, 9.17) is 21.7 Å². The van der Waals surface area contributed by atoms with Crippen molar-refractivity contribution in [2.24, 2.45) is 5.92 Å². The molecule has 0 atom stereocenters. The number of carbonyl (C=O) groups is 1. The SMILES string of the molecule is CC(C)COc1ccccc1NC(=S)NC(=O)c1ccccc1OC(C)C. The number of rotatable bonds is 7. The molecule has 0 aliphatic heterocycles. The van der Waals surface area contributed by atoms with Gasteiger partial charge in [-0.3, -0.25) is 10.1 Å². The van der Waals surface area contributed by atoms with Crippen molar-refractivity contribution >= 4 is 28.9 Å². The first-order chi connectivity index (χ1) is 12.9. The molecular weight excluding hydrogens is 360 g/mol. The van der Waals surface area contributed by atoms with E-state index in [0.717, 1.165) is 0 Å². The van der Waals surface area contributed by atoms with Crippen LogP contribution in [0.3, 0.4) is 0 Å². The molecule has 6 heteroatoms. The number of hydrogen-bond acceptors (Lipinski definition) is 4. The Bertz CT molecular complexity index is 791. The van der Waals surface area contributed by atoms with Crippen LogP contribution in [-0.2, 0) is 0 Å². The minimum absolute atomic E-state index is 0.0333. The molecule has 0 saturated carbocycles. The molecule has 144 valence electrons. The van der Waals surface area contributed by atoms with Gasteiger partial charge in [0.15, 0.2) is 5.11 Å². The molecular formula is C21H26N2O3S. The Kier molecular flexibility index (Phi) is 7.61. The molecule has 2 aromatic carbocycles. The highest BCUT2D eigenvalue weighted by atomic mass is 32.1. The van der Waals surface area contributed by atoms with E-state index in [1.54, 1.807) is 18.2 Å². The predicted octanol–water partition coefficient (Wildman–Crippen LogP) is 4.64. The molecule has 27 heavy (non-hydrogen) atoms. The lowest BCUT2D eigenvalue weighted by atomic mass is 10.2. The summed E-state index contributed by atoms with van der Waals surface area (Å²) in [5.74, 6) is 1.28. The zero-order valence-corrected chi connectivity index (χ0v) is 16.9. The Morgan fingerprint density at radius 3 is 2.30 bits per heavy atom. The van der Waals surface area contributed by atoms with Crippen LogP contribution in [0, 0.1) is 5.92 Å². The molecule has 0 aliphatic rings. The summed E-state index contributed by atoms with van der Waals surface area (Å²) < 4.78 is 11.5. The maximum absolute atomic E-state index is 12.6. The van der Waals surface area contributed by atoms with Crippen LogP contribution in [0.4, 0.5) is 5.69 Å². The van der Waals surface area contributed by atoms with E-state index >= 15 is 0 Å². The average molecular weight is 387 g/mol. The van der Waals surface area contributed by atoms with Gasteiger partial charge in [-0.1, -0.05) is 38.1 Å². The Balaban J connectivity index is 2.05. The second kappa shape index (κ2) is 9.92. The van der Waals surface area contributed by atoms with Crippen molar-refractivity contribution in [3.8, 4) is 11.5 Å². The minimum atomic E-state index is -0.329. The van der Waals surface area contributed by atoms with Crippen LogP contribution in [-0.4, -0.2) is 23.7 Å². The van der Waals surface area contributed by atoms with Crippen LogP contribution in [0.15, 0.2) is 48.5 Å². The Morgan fingerprint density at radius 2 is 1.63 bits per heavy atom. The van der Waals surface area contributed by atoms with Crippen molar-refractivity contribution in [3.05, 3.63) is 54.1 Å². The van der Waals surface area contributed by atoms with Crippen LogP contribution >= 0.6 is 12.2 Å². The standard InChI is InChI=1S/C21H26N2O3S/c1-14(2)13-25-19-12-8-6-10-17(19)22-21(27)23-20(24)16-9-5-7-11-18(16)26-15(3)4/h5-12,14-15H,13H2,1-4H3,(H2,22,23,24,27). The summed E-state index contributed by atoms with van der Waals surface area (Å²) in [4.78, 5) is 12.6. The van der Waals surface area contributed by atoms with Gasteiger partial charge in [0.2, 0.25) is 0 Å². The van der Waals surface area contributed by atoms with Gasteiger partial charge in [-0.2, -0.15) is 0 Å². The average Bonchev–Trinajstić information content (AvgIpc) is 2.60. The highest BCUT2D eigenvalue weighted by Gasteiger charge is 2.15. The van der Waals surface area contributed by atoms with E-state index in [-0.39, 0.29) is 17.1 Å². The van der Waals surface area contributed by atoms with Crippen molar-refractivity contribution in [3.63, 3.8) is 0 Å². The minimum Gasteiger partial charge on any atom is -0.491 e. The first-order valence-electron chi connectivity index (χ1n) is 8.96. The molecule has 1 amide bonds. The molecule has 0 heterocycles. The third-order valence-electron chi connectivity index (χ3n) is 3.43. The predicted molar refractivity (Wildman–Crippen MR) is 113 cm³/mol. The highest BCUT2D eigenvalue weighted by molar-refractivity contribution is 7.80. The molecule has 2 rings (SSSR count). The Hall–Kier alpha value is -2.60. The fourth-order valence-electron chi connectivity index (χ4n) is 2.29. The van der Waals surface area contributed by atoms with Gasteiger partial charge in [-0.15, -0.1) is 0 Å². The van der Waals surface area contributed by atoms with Crippen molar-refractivity contribution in [2.75, 3.05) is 11.9 Å². The van der Waals surface area contributed by atoms with Crippen molar-refractivity contribution < 1.29 is 14.3 Å². The molecule has 0 fully saturated rings. The second-order valence-electron chi connectivity index (χ2n) is 6.77. The van der Waals surface area contributed by atoms with E-state index in [1.165, 1.54) is 0 Å². The molecule has 0 unspecified atom stereocenters. The lowest BCUT2D eigenvalue weighted by Crippen LogP contribution is -2.34. The molecule has 0 aliphatic carbocycles. The Labute approximate surface area is 166 Å². The number of anilines is 1. The topological polar surface area (TPSA) is 59.6 Å².